The van der Waals surface area contributed by atoms with Gasteiger partial charge in [0.15, 0.2) is 10.9 Å². The first-order chi connectivity index (χ1) is 16.1. The predicted octanol–water partition coefficient (Wildman–Crippen LogP) is 1.43. The Balaban J connectivity index is 1.86. The highest BCUT2D eigenvalue weighted by Crippen LogP contribution is 2.27. The van der Waals surface area contributed by atoms with Crippen LogP contribution in [0.25, 0.3) is 16.7 Å². The molecule has 3 aromatic heterocycles. The third kappa shape index (κ3) is 3.83. The molecule has 0 bridgehead atoms. The Morgan fingerprint density at radius 3 is 2.47 bits per heavy atom. The molecule has 0 aliphatic rings. The third-order valence-electron chi connectivity index (χ3n) is 5.48. The first-order valence-corrected chi connectivity index (χ1v) is 11.2. The monoisotopic (exact) mass is 478 g/mol. The largest absolute Gasteiger partial charge is 0.384 e. The van der Waals surface area contributed by atoms with Gasteiger partial charge in [-0.15, -0.1) is 0 Å². The van der Waals surface area contributed by atoms with Crippen molar-refractivity contribution in [2.75, 3.05) is 5.73 Å². The van der Waals surface area contributed by atoms with Gasteiger partial charge in [-0.25, -0.2) is 19.3 Å². The highest BCUT2D eigenvalue weighted by atomic mass is 32.2. The summed E-state index contributed by atoms with van der Waals surface area (Å²) in [5, 5.41) is -0.204. The first kappa shape index (κ1) is 23.2. The summed E-state index contributed by atoms with van der Waals surface area (Å²) in [7, 11) is 2.67. The van der Waals surface area contributed by atoms with Gasteiger partial charge in [0.2, 0.25) is 0 Å². The number of rotatable bonds is 5. The molecule has 0 aliphatic carbocycles. The molecule has 34 heavy (non-hydrogen) atoms. The van der Waals surface area contributed by atoms with Gasteiger partial charge in [-0.1, -0.05) is 23.9 Å². The van der Waals surface area contributed by atoms with Crippen LogP contribution in [0.15, 0.2) is 62.1 Å². The van der Waals surface area contributed by atoms with E-state index in [-0.39, 0.29) is 22.1 Å². The minimum Gasteiger partial charge on any atom is -0.384 e. The average Bonchev–Trinajstić information content (AvgIpc) is 2.81. The molecule has 1 aromatic carbocycles. The van der Waals surface area contributed by atoms with Crippen LogP contribution in [0.2, 0.25) is 0 Å². The molecule has 1 atom stereocenters. The van der Waals surface area contributed by atoms with Crippen molar-refractivity contribution in [1.29, 1.82) is 0 Å². The quantitative estimate of drug-likeness (QED) is 0.259. The lowest BCUT2D eigenvalue weighted by molar-refractivity contribution is 0.0992. The van der Waals surface area contributed by atoms with E-state index < -0.39 is 22.3 Å². The van der Waals surface area contributed by atoms with E-state index in [9.17, 15) is 19.2 Å². The fourth-order valence-electron chi connectivity index (χ4n) is 3.54. The van der Waals surface area contributed by atoms with E-state index in [0.29, 0.717) is 16.7 Å². The maximum Gasteiger partial charge on any atom is 0.332 e. The number of thioether (sulfide) groups is 1. The Kier molecular flexibility index (Phi) is 5.96. The lowest BCUT2D eigenvalue weighted by atomic mass is 10.1. The molecular weight excluding hydrogens is 456 g/mol. The van der Waals surface area contributed by atoms with Gasteiger partial charge in [-0.05, 0) is 43.7 Å². The molecule has 0 saturated heterocycles. The Morgan fingerprint density at radius 2 is 1.76 bits per heavy atom. The minimum atomic E-state index is -0.850. The highest BCUT2D eigenvalue weighted by molar-refractivity contribution is 8.00. The third-order valence-corrected chi connectivity index (χ3v) is 6.54. The average molecular weight is 479 g/mol. The smallest absolute Gasteiger partial charge is 0.332 e. The lowest BCUT2D eigenvalue weighted by Gasteiger charge is -2.17. The van der Waals surface area contributed by atoms with Crippen molar-refractivity contribution >= 4 is 34.3 Å². The van der Waals surface area contributed by atoms with Gasteiger partial charge >= 0.3 is 5.69 Å². The summed E-state index contributed by atoms with van der Waals surface area (Å²) < 4.78 is 3.24. The molecule has 3 heterocycles. The number of nitrogens with zero attached hydrogens (tertiary/aromatic N) is 5. The summed E-state index contributed by atoms with van der Waals surface area (Å²) in [6, 6.07) is 10.4. The molecule has 174 valence electrons. The number of carbonyl (C=O) groups is 1. The molecule has 0 spiro atoms. The molecule has 11 heteroatoms. The Morgan fingerprint density at radius 1 is 1.06 bits per heavy atom. The van der Waals surface area contributed by atoms with Crippen LogP contribution in [0.3, 0.4) is 0 Å². The van der Waals surface area contributed by atoms with Gasteiger partial charge in [-0.2, -0.15) is 0 Å². The van der Waals surface area contributed by atoms with Crippen molar-refractivity contribution in [2.24, 2.45) is 14.1 Å². The van der Waals surface area contributed by atoms with Crippen LogP contribution in [0.4, 0.5) is 5.82 Å². The zero-order chi connectivity index (χ0) is 24.7. The van der Waals surface area contributed by atoms with Crippen LogP contribution < -0.4 is 22.5 Å². The summed E-state index contributed by atoms with van der Waals surface area (Å²) >= 11 is 1.01. The second kappa shape index (κ2) is 8.75. The predicted molar refractivity (Wildman–Crippen MR) is 131 cm³/mol. The van der Waals surface area contributed by atoms with Crippen LogP contribution >= 0.6 is 11.8 Å². The lowest BCUT2D eigenvalue weighted by Crippen LogP contribution is -2.42. The second-order valence-corrected chi connectivity index (χ2v) is 9.14. The Hall–Kier alpha value is -3.99. The maximum absolute atomic E-state index is 13.4. The van der Waals surface area contributed by atoms with Crippen LogP contribution in [0.1, 0.15) is 22.8 Å². The number of benzene rings is 1. The fraction of sp³-hybridized carbons (Fsp3) is 0.217. The van der Waals surface area contributed by atoms with Crippen LogP contribution in [-0.4, -0.2) is 34.7 Å². The van der Waals surface area contributed by atoms with Gasteiger partial charge < -0.3 is 5.73 Å². The van der Waals surface area contributed by atoms with Gasteiger partial charge in [0.1, 0.15) is 17.2 Å². The summed E-state index contributed by atoms with van der Waals surface area (Å²) in [5.41, 5.74) is 5.30. The number of para-hydroxylation sites is 1. The number of nitrogens with two attached hydrogens (primary N) is 1. The van der Waals surface area contributed by atoms with Crippen LogP contribution in [0, 0.1) is 6.92 Å². The molecule has 0 saturated carbocycles. The number of fused-ring (bicyclic) bond motifs is 1. The van der Waals surface area contributed by atoms with E-state index in [2.05, 4.69) is 9.97 Å². The number of anilines is 1. The van der Waals surface area contributed by atoms with Crippen molar-refractivity contribution in [2.45, 2.75) is 24.3 Å². The van der Waals surface area contributed by atoms with Crippen molar-refractivity contribution in [3.8, 4) is 5.82 Å². The molecule has 4 rings (SSSR count). The number of hydrogen-bond acceptors (Lipinski definition) is 8. The van der Waals surface area contributed by atoms with E-state index in [1.807, 2.05) is 6.92 Å². The van der Waals surface area contributed by atoms with Gasteiger partial charge in [0.05, 0.1) is 16.2 Å². The van der Waals surface area contributed by atoms with E-state index >= 15 is 0 Å². The second-order valence-electron chi connectivity index (χ2n) is 7.83. The number of nitrogen functional groups attached to an aromatic ring is 1. The van der Waals surface area contributed by atoms with Crippen molar-refractivity contribution in [3.63, 3.8) is 0 Å². The fourth-order valence-corrected chi connectivity index (χ4v) is 4.52. The van der Waals surface area contributed by atoms with Gasteiger partial charge in [0, 0.05) is 20.3 Å². The highest BCUT2D eigenvalue weighted by Gasteiger charge is 2.27. The number of pyridine rings is 1. The molecule has 4 aromatic rings. The number of aryl methyl sites for hydroxylation is 1. The molecule has 0 radical (unpaired) electrons. The number of aromatic nitrogens is 5. The summed E-state index contributed by atoms with van der Waals surface area (Å²) in [6.45, 7) is 3.47. The maximum atomic E-state index is 13.4. The van der Waals surface area contributed by atoms with E-state index in [0.717, 1.165) is 26.5 Å². The number of ketones is 1. The topological polar surface area (TPSA) is 135 Å². The van der Waals surface area contributed by atoms with Gasteiger partial charge in [0.25, 0.3) is 11.1 Å². The number of Topliss-reactive ketones (excluding diaryl/α,β-unsaturated/α-hetero) is 1. The van der Waals surface area contributed by atoms with Gasteiger partial charge in [-0.3, -0.25) is 23.5 Å². The molecule has 1 unspecified atom stereocenters. The Labute approximate surface area is 197 Å². The molecule has 10 nitrogen and oxygen atoms in total. The molecule has 0 aliphatic heterocycles. The molecular formula is C23H22N6O4S. The van der Waals surface area contributed by atoms with Crippen molar-refractivity contribution in [3.05, 3.63) is 84.9 Å². The SMILES string of the molecule is Cc1ccnc(-n2c(SC(C)C(=O)c3c(N)n(C)c(=O)n(C)c3=O)nc3ccccc3c2=O)c1. The zero-order valence-corrected chi connectivity index (χ0v) is 19.8. The zero-order valence-electron chi connectivity index (χ0n) is 19.0. The number of carbonyl (C=O) groups excluding carboxylic acids is 1. The Bertz CT molecular complexity index is 1640. The first-order valence-electron chi connectivity index (χ1n) is 10.3. The van der Waals surface area contributed by atoms with E-state index in [1.165, 1.54) is 18.7 Å². The van der Waals surface area contributed by atoms with Crippen LogP contribution in [0.5, 0.6) is 0 Å². The summed E-state index contributed by atoms with van der Waals surface area (Å²) in [4.78, 5) is 60.4. The summed E-state index contributed by atoms with van der Waals surface area (Å²) in [5.74, 6) is -0.428. The van der Waals surface area contributed by atoms with E-state index in [1.54, 1.807) is 49.5 Å². The van der Waals surface area contributed by atoms with Crippen molar-refractivity contribution < 1.29 is 4.79 Å². The number of hydrogen-bond donors (Lipinski definition) is 1. The standard InChI is InChI=1S/C23H22N6O4S/c1-12-9-10-25-16(11-12)29-20(31)14-7-5-6-8-15(14)26-22(29)34-13(2)18(30)17-19(24)27(3)23(33)28(4)21(17)32/h5-11,13H,24H2,1-4H3. The van der Waals surface area contributed by atoms with E-state index in [4.69, 9.17) is 5.73 Å². The normalized spacial score (nSPS) is 12.1. The minimum absolute atomic E-state index is 0.213. The molecule has 0 fully saturated rings. The molecule has 2 N–H and O–H groups in total. The summed E-state index contributed by atoms with van der Waals surface area (Å²) in [6.07, 6.45) is 1.59. The van der Waals surface area contributed by atoms with Crippen LogP contribution in [-0.2, 0) is 14.1 Å². The van der Waals surface area contributed by atoms with Crippen molar-refractivity contribution in [1.82, 2.24) is 23.7 Å². The molecule has 0 amide bonds.